The number of amides is 1. The van der Waals surface area contributed by atoms with Crippen molar-refractivity contribution in [1.82, 2.24) is 0 Å². The minimum Gasteiger partial charge on any atom is -0.396 e. The van der Waals surface area contributed by atoms with Crippen molar-refractivity contribution < 1.29 is 13.9 Å². The molecule has 0 bridgehead atoms. The lowest BCUT2D eigenvalue weighted by Gasteiger charge is -2.12. The highest BCUT2D eigenvalue weighted by Crippen LogP contribution is 2.26. The third-order valence-electron chi connectivity index (χ3n) is 2.92. The molecule has 0 radical (unpaired) electrons. The molecule has 4 nitrogen and oxygen atoms in total. The van der Waals surface area contributed by atoms with E-state index in [1.807, 2.05) is 6.07 Å². The Kier molecular flexibility index (Phi) is 4.93. The van der Waals surface area contributed by atoms with E-state index >= 15 is 0 Å². The van der Waals surface area contributed by atoms with Crippen LogP contribution in [-0.4, -0.2) is 13.0 Å². The number of hydrogen-bond donors (Lipinski definition) is 2. The molecule has 0 heterocycles. The van der Waals surface area contributed by atoms with Gasteiger partial charge in [-0.1, -0.05) is 22.0 Å². The predicted molar refractivity (Wildman–Crippen MR) is 83.6 cm³/mol. The first kappa shape index (κ1) is 15.5. The lowest BCUT2D eigenvalue weighted by molar-refractivity contribution is 0.102. The minimum absolute atomic E-state index is 0.00841. The molecule has 0 aliphatic heterocycles. The summed E-state index contributed by atoms with van der Waals surface area (Å²) in [6.45, 7) is 0.340. The highest BCUT2D eigenvalue weighted by Gasteiger charge is 2.12. The monoisotopic (exact) mass is 352 g/mol. The van der Waals surface area contributed by atoms with Crippen molar-refractivity contribution in [3.63, 3.8) is 0 Å². The number of ether oxygens (including phenoxy) is 1. The number of rotatable bonds is 4. The number of hydrogen-bond acceptors (Lipinski definition) is 3. The van der Waals surface area contributed by atoms with Crippen LogP contribution in [0.5, 0.6) is 0 Å². The molecule has 0 aliphatic rings. The zero-order valence-electron chi connectivity index (χ0n) is 11.3. The molecule has 21 heavy (non-hydrogen) atoms. The molecule has 0 aliphatic carbocycles. The third kappa shape index (κ3) is 3.59. The Balaban J connectivity index is 2.27. The molecule has 0 saturated carbocycles. The highest BCUT2D eigenvalue weighted by molar-refractivity contribution is 9.10. The van der Waals surface area contributed by atoms with Crippen LogP contribution in [0.4, 0.5) is 15.8 Å². The first-order valence-electron chi connectivity index (χ1n) is 6.15. The van der Waals surface area contributed by atoms with Crippen LogP contribution in [0.3, 0.4) is 0 Å². The zero-order chi connectivity index (χ0) is 15.4. The van der Waals surface area contributed by atoms with Gasteiger partial charge in [-0.2, -0.15) is 0 Å². The fraction of sp³-hybridized carbons (Fsp3) is 0.133. The second-order valence-electron chi connectivity index (χ2n) is 4.39. The average Bonchev–Trinajstić information content (AvgIpc) is 2.45. The van der Waals surface area contributed by atoms with Crippen LogP contribution >= 0.6 is 15.9 Å². The number of anilines is 2. The molecule has 0 saturated heterocycles. The second kappa shape index (κ2) is 6.69. The molecule has 2 aromatic rings. The Hall–Kier alpha value is -1.92. The summed E-state index contributed by atoms with van der Waals surface area (Å²) in [5.41, 5.74) is 7.02. The lowest BCUT2D eigenvalue weighted by Crippen LogP contribution is -2.14. The fourth-order valence-corrected chi connectivity index (χ4v) is 2.31. The molecule has 2 rings (SSSR count). The molecular formula is C15H14BrFN2O2. The van der Waals surface area contributed by atoms with Gasteiger partial charge in [-0.15, -0.1) is 0 Å². The maximum absolute atomic E-state index is 13.4. The molecule has 0 unspecified atom stereocenters. The van der Waals surface area contributed by atoms with E-state index in [1.54, 1.807) is 19.2 Å². The van der Waals surface area contributed by atoms with Crippen LogP contribution in [0, 0.1) is 5.82 Å². The topological polar surface area (TPSA) is 64.3 Å². The molecule has 0 fully saturated rings. The number of benzene rings is 2. The summed E-state index contributed by atoms with van der Waals surface area (Å²) in [5.74, 6) is -1.03. The fourth-order valence-electron chi connectivity index (χ4n) is 1.83. The molecular weight excluding hydrogens is 339 g/mol. The van der Waals surface area contributed by atoms with E-state index in [-0.39, 0.29) is 11.3 Å². The van der Waals surface area contributed by atoms with Crippen LogP contribution in [0.25, 0.3) is 0 Å². The number of nitrogens with two attached hydrogens (primary N) is 1. The number of nitrogens with one attached hydrogen (secondary N) is 1. The first-order chi connectivity index (χ1) is 10.0. The maximum Gasteiger partial charge on any atom is 0.255 e. The molecule has 6 heteroatoms. The first-order valence-corrected chi connectivity index (χ1v) is 6.95. The number of nitrogen functional groups attached to an aromatic ring is 1. The van der Waals surface area contributed by atoms with Crippen molar-refractivity contribution in [3.05, 3.63) is 57.8 Å². The normalized spacial score (nSPS) is 10.4. The van der Waals surface area contributed by atoms with E-state index in [0.717, 1.165) is 16.1 Å². The minimum atomic E-state index is -0.617. The Morgan fingerprint density at radius 3 is 2.81 bits per heavy atom. The molecule has 0 spiro atoms. The summed E-state index contributed by atoms with van der Waals surface area (Å²) in [6, 6.07) is 9.35. The smallest absolute Gasteiger partial charge is 0.255 e. The van der Waals surface area contributed by atoms with Gasteiger partial charge in [0.2, 0.25) is 0 Å². The van der Waals surface area contributed by atoms with Crippen molar-refractivity contribution in [2.45, 2.75) is 6.61 Å². The van der Waals surface area contributed by atoms with Crippen molar-refractivity contribution in [1.29, 1.82) is 0 Å². The van der Waals surface area contributed by atoms with Crippen LogP contribution in [0.2, 0.25) is 0 Å². The lowest BCUT2D eigenvalue weighted by atomic mass is 10.1. The van der Waals surface area contributed by atoms with Crippen molar-refractivity contribution in [2.24, 2.45) is 0 Å². The zero-order valence-corrected chi connectivity index (χ0v) is 12.9. The number of carbonyl (C=O) groups is 1. The van der Waals surface area contributed by atoms with E-state index in [2.05, 4.69) is 21.2 Å². The largest absolute Gasteiger partial charge is 0.396 e. The second-order valence-corrected chi connectivity index (χ2v) is 5.24. The molecule has 1 amide bonds. The number of halogens is 2. The summed E-state index contributed by atoms with van der Waals surface area (Å²) in [5, 5.41) is 2.74. The number of carbonyl (C=O) groups excluding carboxylic acids is 1. The Labute approximate surface area is 130 Å². The number of methoxy groups -OCH3 is 1. The van der Waals surface area contributed by atoms with Crippen LogP contribution in [-0.2, 0) is 11.3 Å². The molecule has 3 N–H and O–H groups in total. The Bertz CT molecular complexity index is 677. The summed E-state index contributed by atoms with van der Waals surface area (Å²) in [4.78, 5) is 12.2. The summed E-state index contributed by atoms with van der Waals surface area (Å²) in [6.07, 6.45) is 0. The Morgan fingerprint density at radius 2 is 2.14 bits per heavy atom. The van der Waals surface area contributed by atoms with Gasteiger partial charge in [0.05, 0.1) is 12.3 Å². The average molecular weight is 353 g/mol. The van der Waals surface area contributed by atoms with Gasteiger partial charge in [-0.05, 0) is 30.3 Å². The van der Waals surface area contributed by atoms with Gasteiger partial charge >= 0.3 is 0 Å². The van der Waals surface area contributed by atoms with Crippen molar-refractivity contribution in [3.8, 4) is 0 Å². The Morgan fingerprint density at radius 1 is 1.38 bits per heavy atom. The molecule has 0 atom stereocenters. The van der Waals surface area contributed by atoms with Crippen molar-refractivity contribution >= 4 is 33.2 Å². The maximum atomic E-state index is 13.4. The van der Waals surface area contributed by atoms with E-state index in [0.29, 0.717) is 12.3 Å². The summed E-state index contributed by atoms with van der Waals surface area (Å²) < 4.78 is 19.3. The van der Waals surface area contributed by atoms with Crippen LogP contribution in [0.15, 0.2) is 40.9 Å². The van der Waals surface area contributed by atoms with E-state index in [9.17, 15) is 9.18 Å². The molecule has 110 valence electrons. The van der Waals surface area contributed by atoms with Gasteiger partial charge in [0.15, 0.2) is 0 Å². The van der Waals surface area contributed by atoms with E-state index in [1.165, 1.54) is 12.1 Å². The summed E-state index contributed by atoms with van der Waals surface area (Å²) in [7, 11) is 1.57. The standard InChI is InChI=1S/C15H14BrFN2O2/c1-21-8-10-11(16)3-2-4-14(10)19-15(20)9-5-6-13(18)12(17)7-9/h2-7H,8,18H2,1H3,(H,19,20). The highest BCUT2D eigenvalue weighted by atomic mass is 79.9. The third-order valence-corrected chi connectivity index (χ3v) is 3.66. The SMILES string of the molecule is COCc1c(Br)cccc1NC(=O)c1ccc(N)c(F)c1. The van der Waals surface area contributed by atoms with Gasteiger partial charge in [-0.25, -0.2) is 4.39 Å². The van der Waals surface area contributed by atoms with Gasteiger partial charge in [-0.3, -0.25) is 4.79 Å². The van der Waals surface area contributed by atoms with Gasteiger partial charge in [0.25, 0.3) is 5.91 Å². The van der Waals surface area contributed by atoms with Gasteiger partial charge < -0.3 is 15.8 Å². The van der Waals surface area contributed by atoms with Crippen LogP contribution < -0.4 is 11.1 Å². The van der Waals surface area contributed by atoms with Gasteiger partial charge in [0.1, 0.15) is 5.82 Å². The quantitative estimate of drug-likeness (QED) is 0.826. The summed E-state index contributed by atoms with van der Waals surface area (Å²) >= 11 is 3.41. The van der Waals surface area contributed by atoms with E-state index < -0.39 is 11.7 Å². The van der Waals surface area contributed by atoms with Crippen molar-refractivity contribution in [2.75, 3.05) is 18.2 Å². The predicted octanol–water partition coefficient (Wildman–Crippen LogP) is 3.57. The van der Waals surface area contributed by atoms with E-state index in [4.69, 9.17) is 10.5 Å². The molecule has 2 aromatic carbocycles. The van der Waals surface area contributed by atoms with Crippen LogP contribution in [0.1, 0.15) is 15.9 Å². The van der Waals surface area contributed by atoms with Gasteiger partial charge in [0, 0.05) is 28.4 Å². The molecule has 0 aromatic heterocycles.